The number of rotatable bonds is 0. The number of halogens is 11. The average molecular weight is 440 g/mol. The van der Waals surface area contributed by atoms with Gasteiger partial charge in [0.2, 0.25) is 0 Å². The van der Waals surface area contributed by atoms with Crippen molar-refractivity contribution in [3.05, 3.63) is 25.9 Å². The number of imidazole rings is 1. The van der Waals surface area contributed by atoms with Crippen LogP contribution in [0, 0.1) is 0 Å². The molecule has 0 bridgehead atoms. The standard InChI is InChI=1S/C10H6Cl4F3N2.BF4/c1-18-7-5(13)3(11)4(12)6(14)8(7)19(2)9(18)10(15,16)17;2-1(3,4)5/h1-2H3;/q+1;-1. The first-order valence-electron chi connectivity index (χ1n) is 5.73. The number of hydrogen-bond donors (Lipinski definition) is 0. The quantitative estimate of drug-likeness (QED) is 0.158. The van der Waals surface area contributed by atoms with E-state index in [0.29, 0.717) is 0 Å². The zero-order valence-corrected chi connectivity index (χ0v) is 14.7. The van der Waals surface area contributed by atoms with Crippen molar-refractivity contribution in [3.8, 4) is 0 Å². The van der Waals surface area contributed by atoms with Crippen LogP contribution in [0.1, 0.15) is 5.82 Å². The first-order valence-corrected chi connectivity index (χ1v) is 7.25. The smallest absolute Gasteiger partial charge is 0.418 e. The van der Waals surface area contributed by atoms with E-state index in [0.717, 1.165) is 9.13 Å². The number of fused-ring (bicyclic) bond motifs is 1. The lowest BCUT2D eigenvalue weighted by Crippen LogP contribution is -2.38. The van der Waals surface area contributed by atoms with Crippen LogP contribution < -0.4 is 4.57 Å². The van der Waals surface area contributed by atoms with Gasteiger partial charge in [0.25, 0.3) is 0 Å². The van der Waals surface area contributed by atoms with Crippen molar-refractivity contribution in [1.29, 1.82) is 0 Å². The Kier molecular flexibility index (Phi) is 6.24. The van der Waals surface area contributed by atoms with Gasteiger partial charge in [0, 0.05) is 0 Å². The lowest BCUT2D eigenvalue weighted by molar-refractivity contribution is -0.667. The van der Waals surface area contributed by atoms with Crippen LogP contribution in [0.5, 0.6) is 0 Å². The second-order valence-electron chi connectivity index (χ2n) is 4.39. The molecule has 0 amide bonds. The predicted molar refractivity (Wildman–Crippen MR) is 79.3 cm³/mol. The summed E-state index contributed by atoms with van der Waals surface area (Å²) < 4.78 is 79.8. The molecule has 2 rings (SSSR count). The van der Waals surface area contributed by atoms with E-state index in [1.165, 1.54) is 14.1 Å². The Bertz CT molecular complexity index is 728. The highest BCUT2D eigenvalue weighted by Crippen LogP contribution is 2.43. The summed E-state index contributed by atoms with van der Waals surface area (Å²) in [6, 6.07) is 0. The molecule has 0 atom stereocenters. The number of aromatic nitrogens is 2. The molecule has 0 aliphatic heterocycles. The molecule has 0 saturated carbocycles. The van der Waals surface area contributed by atoms with Crippen molar-refractivity contribution in [2.75, 3.05) is 0 Å². The first kappa shape index (κ1) is 21.5. The number of aryl methyl sites for hydroxylation is 2. The highest BCUT2D eigenvalue weighted by atomic mass is 35.5. The van der Waals surface area contributed by atoms with Crippen molar-refractivity contribution < 1.29 is 35.0 Å². The van der Waals surface area contributed by atoms with E-state index in [1.54, 1.807) is 0 Å². The highest BCUT2D eigenvalue weighted by Gasteiger charge is 2.46. The highest BCUT2D eigenvalue weighted by molar-refractivity contribution is 6.54. The van der Waals surface area contributed by atoms with Gasteiger partial charge in [-0.1, -0.05) is 46.4 Å². The van der Waals surface area contributed by atoms with Crippen molar-refractivity contribution in [3.63, 3.8) is 0 Å². The normalized spacial score (nSPS) is 12.4. The van der Waals surface area contributed by atoms with E-state index < -0.39 is 19.3 Å². The summed E-state index contributed by atoms with van der Waals surface area (Å²) in [6.07, 6.45) is -4.56. The molecule has 1 aromatic carbocycles. The zero-order valence-electron chi connectivity index (χ0n) is 11.6. The van der Waals surface area contributed by atoms with Crippen LogP contribution in [0.3, 0.4) is 0 Å². The van der Waals surface area contributed by atoms with E-state index in [9.17, 15) is 30.4 Å². The topological polar surface area (TPSA) is 8.81 Å². The lowest BCUT2D eigenvalue weighted by Gasteiger charge is -2.02. The maximum atomic E-state index is 13.0. The monoisotopic (exact) mass is 438 g/mol. The van der Waals surface area contributed by atoms with E-state index in [2.05, 4.69) is 0 Å². The van der Waals surface area contributed by atoms with Crippen LogP contribution in [0.15, 0.2) is 0 Å². The van der Waals surface area contributed by atoms with Crippen molar-refractivity contribution in [2.45, 2.75) is 6.18 Å². The molecule has 2 nitrogen and oxygen atoms in total. The Morgan fingerprint density at radius 2 is 1.25 bits per heavy atom. The second kappa shape index (κ2) is 6.97. The van der Waals surface area contributed by atoms with Gasteiger partial charge in [-0.2, -0.15) is 13.2 Å². The van der Waals surface area contributed by atoms with Gasteiger partial charge in [-0.3, -0.25) is 0 Å². The Hall–Kier alpha value is -0.575. The summed E-state index contributed by atoms with van der Waals surface area (Å²) >= 11 is 23.6. The second-order valence-corrected chi connectivity index (χ2v) is 5.90. The van der Waals surface area contributed by atoms with Gasteiger partial charge < -0.3 is 17.3 Å². The molecule has 0 aliphatic carbocycles. The Labute approximate surface area is 150 Å². The Morgan fingerprint density at radius 3 is 1.62 bits per heavy atom. The van der Waals surface area contributed by atoms with Crippen LogP contribution in [0.2, 0.25) is 20.1 Å². The van der Waals surface area contributed by atoms with Crippen LogP contribution in [0.4, 0.5) is 30.4 Å². The molecule has 0 radical (unpaired) electrons. The van der Waals surface area contributed by atoms with Crippen molar-refractivity contribution in [1.82, 2.24) is 4.57 Å². The number of alkyl halides is 3. The summed E-state index contributed by atoms with van der Waals surface area (Å²) in [6.45, 7) is 0. The van der Waals surface area contributed by atoms with E-state index >= 15 is 0 Å². The fraction of sp³-hybridized carbons (Fsp3) is 0.300. The molecule has 2 aromatic rings. The van der Waals surface area contributed by atoms with Gasteiger partial charge >= 0.3 is 19.3 Å². The molecule has 0 saturated heterocycles. The molecular weight excluding hydrogens is 434 g/mol. The summed E-state index contributed by atoms with van der Waals surface area (Å²) in [7, 11) is -3.53. The molecule has 0 fully saturated rings. The van der Waals surface area contributed by atoms with Gasteiger partial charge in [-0.05, 0) is 0 Å². The minimum atomic E-state index is -6.00. The zero-order chi connectivity index (χ0) is 19.2. The fourth-order valence-corrected chi connectivity index (χ4v) is 3.12. The van der Waals surface area contributed by atoms with Gasteiger partial charge in [-0.25, -0.2) is 9.13 Å². The molecule has 24 heavy (non-hydrogen) atoms. The number of nitrogens with zero attached hydrogens (tertiary/aromatic N) is 2. The third-order valence-corrected chi connectivity index (χ3v) is 4.56. The van der Waals surface area contributed by atoms with E-state index in [1.807, 2.05) is 0 Å². The maximum Gasteiger partial charge on any atom is 0.673 e. The summed E-state index contributed by atoms with van der Waals surface area (Å²) in [5.74, 6) is -0.912. The molecule has 1 aromatic heterocycles. The van der Waals surface area contributed by atoms with Gasteiger partial charge in [0.15, 0.2) is 11.0 Å². The molecule has 0 unspecified atom stereocenters. The third kappa shape index (κ3) is 4.33. The van der Waals surface area contributed by atoms with E-state index in [-0.39, 0.29) is 31.1 Å². The van der Waals surface area contributed by atoms with Gasteiger partial charge in [0.05, 0.1) is 24.1 Å². The molecule has 0 N–H and O–H groups in total. The largest absolute Gasteiger partial charge is 0.673 e. The summed E-state index contributed by atoms with van der Waals surface area (Å²) in [4.78, 5) is 0. The average Bonchev–Trinajstić information content (AvgIpc) is 2.63. The van der Waals surface area contributed by atoms with Crippen molar-refractivity contribution in [2.24, 2.45) is 14.1 Å². The van der Waals surface area contributed by atoms with Gasteiger partial charge in [0.1, 0.15) is 10.0 Å². The van der Waals surface area contributed by atoms with Crippen LogP contribution >= 0.6 is 46.4 Å². The number of benzene rings is 1. The minimum Gasteiger partial charge on any atom is -0.418 e. The third-order valence-electron chi connectivity index (χ3n) is 2.78. The maximum absolute atomic E-state index is 13.0. The molecular formula is C10H6BCl4F7N2. The van der Waals surface area contributed by atoms with E-state index in [4.69, 9.17) is 46.4 Å². The van der Waals surface area contributed by atoms with Crippen LogP contribution in [0.25, 0.3) is 11.0 Å². The summed E-state index contributed by atoms with van der Waals surface area (Å²) in [5, 5.41) is -0.286. The molecule has 0 aliphatic rings. The van der Waals surface area contributed by atoms with Crippen molar-refractivity contribution >= 4 is 64.7 Å². The predicted octanol–water partition coefficient (Wildman–Crippen LogP) is 5.94. The fourth-order valence-electron chi connectivity index (χ4n) is 2.04. The molecule has 1 heterocycles. The Morgan fingerprint density at radius 1 is 0.875 bits per heavy atom. The summed E-state index contributed by atoms with van der Waals surface area (Å²) in [5.41, 5.74) is 0.159. The first-order chi connectivity index (χ1) is 10.6. The molecule has 14 heteroatoms. The van der Waals surface area contributed by atoms with Gasteiger partial charge in [-0.15, -0.1) is 0 Å². The lowest BCUT2D eigenvalue weighted by atomic mass is 10.3. The minimum absolute atomic E-state index is 0.0698. The molecule has 136 valence electrons. The van der Waals surface area contributed by atoms with Crippen LogP contribution in [-0.2, 0) is 20.3 Å². The van der Waals surface area contributed by atoms with Crippen LogP contribution in [-0.4, -0.2) is 11.8 Å². The SMILES string of the molecule is Cn1c(C(F)(F)F)[n+](C)c2c(Cl)c(Cl)c(Cl)c(Cl)c21.F[B-](F)(F)F. The molecule has 0 spiro atoms. The Balaban J connectivity index is 0.000000505. The number of hydrogen-bond acceptors (Lipinski definition) is 0.